The quantitative estimate of drug-likeness (QED) is 0.386. The second kappa shape index (κ2) is 7.84. The number of benzene rings is 1. The van der Waals surface area contributed by atoms with E-state index in [0.29, 0.717) is 5.56 Å². The zero-order chi connectivity index (χ0) is 22.3. The molecule has 0 N–H and O–H groups in total. The Hall–Kier alpha value is -3.14. The van der Waals surface area contributed by atoms with Crippen LogP contribution in [0.3, 0.4) is 0 Å². The van der Waals surface area contributed by atoms with Crippen LogP contribution in [0.15, 0.2) is 59.9 Å². The van der Waals surface area contributed by atoms with Crippen LogP contribution >= 0.6 is 0 Å². The van der Waals surface area contributed by atoms with Crippen LogP contribution in [0.2, 0.25) is 0 Å². The third-order valence-corrected chi connectivity index (χ3v) is 5.91. The highest BCUT2D eigenvalue weighted by Crippen LogP contribution is 2.32. The Morgan fingerprint density at radius 2 is 1.74 bits per heavy atom. The maximum Gasteiger partial charge on any atom is 0.416 e. The van der Waals surface area contributed by atoms with E-state index in [2.05, 4.69) is 9.97 Å². The fraction of sp³-hybridized carbons (Fsp3) is 0.143. The van der Waals surface area contributed by atoms with E-state index in [1.165, 1.54) is 29.1 Å². The summed E-state index contributed by atoms with van der Waals surface area (Å²) < 4.78 is 80.2. The van der Waals surface area contributed by atoms with Gasteiger partial charge in [0.15, 0.2) is 0 Å². The normalized spacial score (nSPS) is 13.0. The third-order valence-electron chi connectivity index (χ3n) is 4.59. The van der Waals surface area contributed by atoms with Crippen molar-refractivity contribution in [3.63, 3.8) is 0 Å². The van der Waals surface area contributed by atoms with Gasteiger partial charge in [-0.05, 0) is 35.9 Å². The molecule has 10 heteroatoms. The summed E-state index contributed by atoms with van der Waals surface area (Å²) in [5.74, 6) is -1.29. The molecule has 4 aromatic rings. The molecule has 0 aliphatic rings. The summed E-state index contributed by atoms with van der Waals surface area (Å²) >= 11 is 0. The van der Waals surface area contributed by atoms with Gasteiger partial charge < -0.3 is 4.40 Å². The molecule has 4 nitrogen and oxygen atoms in total. The van der Waals surface area contributed by atoms with Crippen molar-refractivity contribution in [1.29, 1.82) is 0 Å². The Labute approximate surface area is 175 Å². The highest BCUT2D eigenvalue weighted by Gasteiger charge is 2.31. The lowest BCUT2D eigenvalue weighted by Crippen LogP contribution is -2.05. The van der Waals surface area contributed by atoms with Crippen molar-refractivity contribution >= 4 is 16.4 Å². The van der Waals surface area contributed by atoms with Crippen LogP contribution in [-0.4, -0.2) is 24.3 Å². The number of imidazole rings is 1. The van der Waals surface area contributed by atoms with Crippen molar-refractivity contribution in [1.82, 2.24) is 14.4 Å². The van der Waals surface area contributed by atoms with E-state index in [9.17, 15) is 26.2 Å². The molecule has 3 aromatic heterocycles. The molecule has 0 amide bonds. The van der Waals surface area contributed by atoms with E-state index >= 15 is 0 Å². The molecule has 0 bridgehead atoms. The lowest BCUT2D eigenvalue weighted by atomic mass is 10.1. The molecule has 0 spiro atoms. The van der Waals surface area contributed by atoms with Crippen LogP contribution in [0.25, 0.3) is 28.2 Å². The van der Waals surface area contributed by atoms with Crippen LogP contribution in [0.4, 0.5) is 22.0 Å². The molecule has 4 rings (SSSR count). The molecule has 0 saturated carbocycles. The van der Waals surface area contributed by atoms with Crippen LogP contribution in [0.5, 0.6) is 0 Å². The summed E-state index contributed by atoms with van der Waals surface area (Å²) in [5, 5.41) is 0. The fourth-order valence-electron chi connectivity index (χ4n) is 3.12. The molecule has 0 radical (unpaired) electrons. The van der Waals surface area contributed by atoms with Gasteiger partial charge >= 0.3 is 6.18 Å². The minimum absolute atomic E-state index is 0.0520. The molecular weight excluding hydrogens is 437 g/mol. The van der Waals surface area contributed by atoms with Gasteiger partial charge in [0.05, 0.1) is 21.3 Å². The zero-order valence-electron chi connectivity index (χ0n) is 16.0. The van der Waals surface area contributed by atoms with Crippen molar-refractivity contribution in [2.75, 3.05) is 5.75 Å². The molecule has 0 saturated heterocycles. The first-order valence-corrected chi connectivity index (χ1v) is 10.4. The first-order chi connectivity index (χ1) is 14.7. The number of hydrogen-bond donors (Lipinski definition) is 0. The maximum atomic E-state index is 13.6. The van der Waals surface area contributed by atoms with Crippen LogP contribution in [0, 0.1) is 11.6 Å². The average Bonchev–Trinajstić information content (AvgIpc) is 3.14. The molecular formula is C21H14F5N3OS. The standard InChI is InChI=1S/C21H14F5N3OS/c1-2-31(30)18-7-13(12-5-15(22)9-16(23)6-12)10-27-20(18)17-11-29-4-3-14(21(24,25)26)8-19(29)28-17/h3-11H,2H2,1H3. The third kappa shape index (κ3) is 4.20. The molecule has 31 heavy (non-hydrogen) atoms. The number of aromatic nitrogens is 3. The zero-order valence-corrected chi connectivity index (χ0v) is 16.8. The summed E-state index contributed by atoms with van der Waals surface area (Å²) in [6.07, 6.45) is -0.446. The fourth-order valence-corrected chi connectivity index (χ4v) is 4.06. The van der Waals surface area contributed by atoms with E-state index in [4.69, 9.17) is 0 Å². The van der Waals surface area contributed by atoms with Crippen molar-refractivity contribution in [2.24, 2.45) is 0 Å². The highest BCUT2D eigenvalue weighted by molar-refractivity contribution is 7.85. The van der Waals surface area contributed by atoms with Gasteiger partial charge in [-0.15, -0.1) is 0 Å². The van der Waals surface area contributed by atoms with E-state index in [0.717, 1.165) is 30.3 Å². The van der Waals surface area contributed by atoms with Crippen molar-refractivity contribution in [3.8, 4) is 22.5 Å². The molecule has 0 aliphatic heterocycles. The van der Waals surface area contributed by atoms with Crippen molar-refractivity contribution < 1.29 is 26.2 Å². The largest absolute Gasteiger partial charge is 0.416 e. The van der Waals surface area contributed by atoms with Gasteiger partial charge in [0.1, 0.15) is 28.7 Å². The number of nitrogens with zero attached hydrogens (tertiary/aromatic N) is 3. The molecule has 3 heterocycles. The van der Waals surface area contributed by atoms with Crippen molar-refractivity contribution in [2.45, 2.75) is 18.0 Å². The first-order valence-electron chi connectivity index (χ1n) is 9.07. The number of halogens is 5. The topological polar surface area (TPSA) is 47.3 Å². The second-order valence-corrected chi connectivity index (χ2v) is 8.38. The monoisotopic (exact) mass is 451 g/mol. The Bertz CT molecular complexity index is 1300. The Morgan fingerprint density at radius 3 is 2.39 bits per heavy atom. The number of hydrogen-bond acceptors (Lipinski definition) is 3. The van der Waals surface area contributed by atoms with Gasteiger partial charge in [-0.2, -0.15) is 13.2 Å². The predicted molar refractivity (Wildman–Crippen MR) is 106 cm³/mol. The number of pyridine rings is 2. The van der Waals surface area contributed by atoms with Gasteiger partial charge in [0, 0.05) is 36.0 Å². The van der Waals surface area contributed by atoms with E-state index in [-0.39, 0.29) is 33.2 Å². The van der Waals surface area contributed by atoms with E-state index in [1.807, 2.05) is 0 Å². The molecule has 1 atom stereocenters. The van der Waals surface area contributed by atoms with Gasteiger partial charge in [-0.1, -0.05) is 6.92 Å². The average molecular weight is 451 g/mol. The Morgan fingerprint density at radius 1 is 1.03 bits per heavy atom. The molecule has 160 valence electrons. The van der Waals surface area contributed by atoms with Gasteiger partial charge in [-0.25, -0.2) is 13.8 Å². The lowest BCUT2D eigenvalue weighted by molar-refractivity contribution is -0.137. The van der Waals surface area contributed by atoms with Gasteiger partial charge in [0.2, 0.25) is 0 Å². The van der Waals surface area contributed by atoms with Crippen LogP contribution in [-0.2, 0) is 17.0 Å². The number of alkyl halides is 3. The predicted octanol–water partition coefficient (Wildman–Crippen LogP) is 5.49. The summed E-state index contributed by atoms with van der Waals surface area (Å²) in [6.45, 7) is 1.69. The minimum atomic E-state index is -4.51. The smallest absolute Gasteiger partial charge is 0.306 e. The second-order valence-electron chi connectivity index (χ2n) is 6.67. The van der Waals surface area contributed by atoms with E-state index < -0.39 is 34.2 Å². The summed E-state index contributed by atoms with van der Waals surface area (Å²) in [4.78, 5) is 8.76. The summed E-state index contributed by atoms with van der Waals surface area (Å²) in [5.41, 5.74) is 0.228. The molecule has 0 fully saturated rings. The molecule has 1 aromatic carbocycles. The van der Waals surface area contributed by atoms with Gasteiger partial charge in [-0.3, -0.25) is 9.19 Å². The number of fused-ring (bicyclic) bond motifs is 1. The minimum Gasteiger partial charge on any atom is -0.306 e. The summed E-state index contributed by atoms with van der Waals surface area (Å²) in [6, 6.07) is 6.33. The summed E-state index contributed by atoms with van der Waals surface area (Å²) in [7, 11) is -1.52. The highest BCUT2D eigenvalue weighted by atomic mass is 32.2. The van der Waals surface area contributed by atoms with Crippen LogP contribution in [0.1, 0.15) is 12.5 Å². The van der Waals surface area contributed by atoms with E-state index in [1.54, 1.807) is 6.92 Å². The first kappa shape index (κ1) is 21.1. The Balaban J connectivity index is 1.85. The maximum absolute atomic E-state index is 13.6. The lowest BCUT2D eigenvalue weighted by Gasteiger charge is -2.09. The van der Waals surface area contributed by atoms with Crippen LogP contribution < -0.4 is 0 Å². The number of rotatable bonds is 4. The SMILES string of the molecule is CCS(=O)c1cc(-c2cc(F)cc(F)c2)cnc1-c1cn2ccc(C(F)(F)F)cc2n1. The van der Waals surface area contributed by atoms with Crippen molar-refractivity contribution in [3.05, 3.63) is 72.2 Å². The molecule has 1 unspecified atom stereocenters. The molecule has 0 aliphatic carbocycles. The van der Waals surface area contributed by atoms with Gasteiger partial charge in [0.25, 0.3) is 0 Å². The Kier molecular flexibility index (Phi) is 5.34.